The van der Waals surface area contributed by atoms with Gasteiger partial charge in [0.1, 0.15) is 5.75 Å². The van der Waals surface area contributed by atoms with Gasteiger partial charge in [-0.1, -0.05) is 5.16 Å². The van der Waals surface area contributed by atoms with Crippen LogP contribution in [0.3, 0.4) is 0 Å². The summed E-state index contributed by atoms with van der Waals surface area (Å²) in [6.07, 6.45) is 4.81. The number of nitrogens with one attached hydrogen (secondary N) is 1. The lowest BCUT2D eigenvalue weighted by atomic mass is 10.1. The van der Waals surface area contributed by atoms with Gasteiger partial charge in [0.25, 0.3) is 0 Å². The Kier molecular flexibility index (Phi) is 4.41. The average molecular weight is 331 g/mol. The molecular formula is C17H21N3O2S. The highest BCUT2D eigenvalue weighted by atomic mass is 32.2. The van der Waals surface area contributed by atoms with E-state index in [1.54, 1.807) is 0 Å². The third-order valence-corrected chi connectivity index (χ3v) is 5.27. The number of thioether (sulfide) groups is 1. The number of anilines is 1. The van der Waals surface area contributed by atoms with E-state index in [9.17, 15) is 0 Å². The van der Waals surface area contributed by atoms with E-state index in [0.29, 0.717) is 24.4 Å². The van der Waals surface area contributed by atoms with Crippen LogP contribution in [0.1, 0.15) is 43.3 Å². The molecule has 0 atom stereocenters. The monoisotopic (exact) mass is 331 g/mol. The molecule has 1 saturated heterocycles. The van der Waals surface area contributed by atoms with Crippen LogP contribution in [0.25, 0.3) is 0 Å². The Morgan fingerprint density at radius 3 is 2.65 bits per heavy atom. The molecule has 2 heterocycles. The third-order valence-electron chi connectivity index (χ3n) is 4.22. The fourth-order valence-corrected chi connectivity index (χ4v) is 3.80. The van der Waals surface area contributed by atoms with E-state index in [1.807, 2.05) is 23.9 Å². The van der Waals surface area contributed by atoms with E-state index in [-0.39, 0.29) is 0 Å². The standard InChI is InChI=1S/C17H21N3O2S/c1-2-12(1)17-19-16(20-22-17)11-21-15-5-3-13(4-6-15)18-14-7-9-23-10-8-14/h3-6,12,14,18H,1-2,7-11H2. The summed E-state index contributed by atoms with van der Waals surface area (Å²) in [5, 5.41) is 7.56. The molecule has 1 saturated carbocycles. The summed E-state index contributed by atoms with van der Waals surface area (Å²) in [6, 6.07) is 8.72. The number of hydrogen-bond donors (Lipinski definition) is 1. The van der Waals surface area contributed by atoms with Crippen molar-refractivity contribution in [3.05, 3.63) is 36.0 Å². The number of hydrogen-bond acceptors (Lipinski definition) is 6. The second-order valence-electron chi connectivity index (χ2n) is 6.17. The minimum Gasteiger partial charge on any atom is -0.485 e. The lowest BCUT2D eigenvalue weighted by Gasteiger charge is -2.23. The zero-order valence-corrected chi connectivity index (χ0v) is 13.8. The molecule has 0 amide bonds. The van der Waals surface area contributed by atoms with Gasteiger partial charge in [0, 0.05) is 17.6 Å². The predicted molar refractivity (Wildman–Crippen MR) is 91.0 cm³/mol. The minimum atomic E-state index is 0.350. The van der Waals surface area contributed by atoms with Gasteiger partial charge in [0.15, 0.2) is 6.61 Å². The molecule has 5 nitrogen and oxygen atoms in total. The summed E-state index contributed by atoms with van der Waals surface area (Å²) in [5.74, 6) is 5.20. The van der Waals surface area contributed by atoms with Gasteiger partial charge in [0.05, 0.1) is 0 Å². The molecule has 2 aliphatic rings. The molecule has 0 unspecified atom stereocenters. The quantitative estimate of drug-likeness (QED) is 0.868. The molecule has 0 radical (unpaired) electrons. The number of benzene rings is 1. The van der Waals surface area contributed by atoms with Gasteiger partial charge < -0.3 is 14.6 Å². The van der Waals surface area contributed by atoms with Crippen LogP contribution < -0.4 is 10.1 Å². The first-order valence-corrected chi connectivity index (χ1v) is 9.42. The predicted octanol–water partition coefficient (Wildman–Crippen LogP) is 3.83. The number of aromatic nitrogens is 2. The first-order chi connectivity index (χ1) is 11.4. The van der Waals surface area contributed by atoms with Crippen molar-refractivity contribution in [3.8, 4) is 5.75 Å². The number of ether oxygens (including phenoxy) is 1. The summed E-state index contributed by atoms with van der Waals surface area (Å²) >= 11 is 2.04. The Bertz CT molecular complexity index is 634. The normalized spacial score (nSPS) is 18.8. The van der Waals surface area contributed by atoms with Crippen LogP contribution in [0.15, 0.2) is 28.8 Å². The first kappa shape index (κ1) is 14.9. The van der Waals surface area contributed by atoms with Crippen molar-refractivity contribution in [1.29, 1.82) is 0 Å². The van der Waals surface area contributed by atoms with Gasteiger partial charge in [-0.05, 0) is 61.5 Å². The molecule has 1 aromatic carbocycles. The highest BCUT2D eigenvalue weighted by Gasteiger charge is 2.29. The van der Waals surface area contributed by atoms with Crippen LogP contribution >= 0.6 is 11.8 Å². The molecule has 0 bridgehead atoms. The van der Waals surface area contributed by atoms with Crippen LogP contribution in [0.4, 0.5) is 5.69 Å². The molecule has 1 N–H and O–H groups in total. The molecule has 4 rings (SSSR count). The van der Waals surface area contributed by atoms with Crippen molar-refractivity contribution >= 4 is 17.4 Å². The van der Waals surface area contributed by atoms with Crippen LogP contribution in [0.2, 0.25) is 0 Å². The molecule has 2 fully saturated rings. The van der Waals surface area contributed by atoms with Gasteiger partial charge in [-0.2, -0.15) is 16.7 Å². The molecule has 0 spiro atoms. The van der Waals surface area contributed by atoms with Crippen molar-refractivity contribution < 1.29 is 9.26 Å². The maximum absolute atomic E-state index is 5.73. The van der Waals surface area contributed by atoms with E-state index < -0.39 is 0 Å². The van der Waals surface area contributed by atoms with Crippen molar-refractivity contribution in [2.24, 2.45) is 0 Å². The van der Waals surface area contributed by atoms with E-state index >= 15 is 0 Å². The fourth-order valence-electron chi connectivity index (χ4n) is 2.70. The zero-order valence-electron chi connectivity index (χ0n) is 13.0. The maximum atomic E-state index is 5.73. The van der Waals surface area contributed by atoms with Gasteiger partial charge >= 0.3 is 0 Å². The summed E-state index contributed by atoms with van der Waals surface area (Å²) < 4.78 is 11.0. The lowest BCUT2D eigenvalue weighted by molar-refractivity contribution is 0.285. The number of nitrogens with zero attached hydrogens (tertiary/aromatic N) is 2. The third kappa shape index (κ3) is 3.99. The first-order valence-electron chi connectivity index (χ1n) is 8.26. The van der Waals surface area contributed by atoms with Crippen molar-refractivity contribution in [3.63, 3.8) is 0 Å². The fraction of sp³-hybridized carbons (Fsp3) is 0.529. The molecule has 2 aromatic rings. The van der Waals surface area contributed by atoms with E-state index in [1.165, 1.54) is 24.3 Å². The molecule has 1 aromatic heterocycles. The van der Waals surface area contributed by atoms with E-state index in [4.69, 9.17) is 9.26 Å². The molecule has 122 valence electrons. The zero-order chi connectivity index (χ0) is 15.5. The Morgan fingerprint density at radius 1 is 1.13 bits per heavy atom. The topological polar surface area (TPSA) is 60.2 Å². The van der Waals surface area contributed by atoms with Gasteiger partial charge in [0.2, 0.25) is 11.7 Å². The average Bonchev–Trinajstić information content (AvgIpc) is 3.34. The largest absolute Gasteiger partial charge is 0.485 e. The lowest BCUT2D eigenvalue weighted by Crippen LogP contribution is -2.24. The van der Waals surface area contributed by atoms with Crippen LogP contribution in [0, 0.1) is 0 Å². The Labute approximate surface area is 140 Å². The summed E-state index contributed by atoms with van der Waals surface area (Å²) in [7, 11) is 0. The van der Waals surface area contributed by atoms with Gasteiger partial charge in [-0.15, -0.1) is 0 Å². The minimum absolute atomic E-state index is 0.350. The smallest absolute Gasteiger partial charge is 0.229 e. The highest BCUT2D eigenvalue weighted by Crippen LogP contribution is 2.38. The maximum Gasteiger partial charge on any atom is 0.229 e. The second kappa shape index (κ2) is 6.83. The summed E-state index contributed by atoms with van der Waals surface area (Å²) in [6.45, 7) is 0.350. The summed E-state index contributed by atoms with van der Waals surface area (Å²) in [4.78, 5) is 4.37. The Morgan fingerprint density at radius 2 is 1.91 bits per heavy atom. The van der Waals surface area contributed by atoms with Crippen molar-refractivity contribution in [2.45, 2.75) is 44.2 Å². The van der Waals surface area contributed by atoms with Gasteiger partial charge in [-0.3, -0.25) is 0 Å². The van der Waals surface area contributed by atoms with Crippen LogP contribution in [0.5, 0.6) is 5.75 Å². The molecular weight excluding hydrogens is 310 g/mol. The van der Waals surface area contributed by atoms with Crippen LogP contribution in [-0.4, -0.2) is 27.7 Å². The van der Waals surface area contributed by atoms with Crippen molar-refractivity contribution in [1.82, 2.24) is 10.1 Å². The summed E-state index contributed by atoms with van der Waals surface area (Å²) in [5.41, 5.74) is 1.16. The van der Waals surface area contributed by atoms with Crippen LogP contribution in [-0.2, 0) is 6.61 Å². The molecule has 6 heteroatoms. The molecule has 1 aliphatic heterocycles. The highest BCUT2D eigenvalue weighted by molar-refractivity contribution is 7.99. The Hall–Kier alpha value is -1.69. The number of rotatable bonds is 6. The van der Waals surface area contributed by atoms with Gasteiger partial charge in [-0.25, -0.2) is 0 Å². The second-order valence-corrected chi connectivity index (χ2v) is 7.39. The van der Waals surface area contributed by atoms with Crippen molar-refractivity contribution in [2.75, 3.05) is 16.8 Å². The molecule has 23 heavy (non-hydrogen) atoms. The SMILES string of the molecule is c1cc(OCc2noc(C3CC3)n2)ccc1NC1CCSCC1. The van der Waals surface area contributed by atoms with E-state index in [0.717, 1.165) is 30.2 Å². The van der Waals surface area contributed by atoms with E-state index in [2.05, 4.69) is 27.6 Å². The molecule has 1 aliphatic carbocycles. The Balaban J connectivity index is 1.28.